The number of hydrogen-bond acceptors (Lipinski definition) is 3. The number of hydrogen-bond donors (Lipinski definition) is 0. The Kier molecular flexibility index (Phi) is 7.14. The third kappa shape index (κ3) is 4.71. The van der Waals surface area contributed by atoms with Gasteiger partial charge in [0.15, 0.2) is 0 Å². The molecule has 0 spiro atoms. The van der Waals surface area contributed by atoms with Gasteiger partial charge in [0.2, 0.25) is 0 Å². The van der Waals surface area contributed by atoms with Crippen LogP contribution in [0.4, 0.5) is 0 Å². The largest absolute Gasteiger partial charge is 0.342 e. The average Bonchev–Trinajstić information content (AvgIpc) is 3.54. The molecule has 5 rings (SSSR count). The molecule has 3 aromatic rings. The van der Waals surface area contributed by atoms with Gasteiger partial charge < -0.3 is 4.57 Å². The molecule has 0 unspecified atom stereocenters. The molecule has 2 fully saturated rings. The lowest BCUT2D eigenvalue weighted by Crippen LogP contribution is -2.30. The van der Waals surface area contributed by atoms with Gasteiger partial charge in [-0.3, -0.25) is 9.69 Å². The lowest BCUT2D eigenvalue weighted by atomic mass is 10.0. The van der Waals surface area contributed by atoms with Crippen LogP contribution in [0.3, 0.4) is 0 Å². The van der Waals surface area contributed by atoms with E-state index in [-0.39, 0.29) is 5.91 Å². The number of aromatic nitrogens is 1. The maximum absolute atomic E-state index is 13.3. The zero-order chi connectivity index (χ0) is 23.7. The first kappa shape index (κ1) is 23.7. The van der Waals surface area contributed by atoms with E-state index in [0.717, 1.165) is 51.7 Å². The summed E-state index contributed by atoms with van der Waals surface area (Å²) < 4.78 is 2.95. The van der Waals surface area contributed by atoms with Crippen molar-refractivity contribution in [1.82, 2.24) is 9.47 Å². The van der Waals surface area contributed by atoms with E-state index in [0.29, 0.717) is 10.9 Å². The summed E-state index contributed by atoms with van der Waals surface area (Å²) in [5.74, 6) is 0.788. The number of halogens is 1. The van der Waals surface area contributed by atoms with Gasteiger partial charge >= 0.3 is 0 Å². The van der Waals surface area contributed by atoms with E-state index in [1.807, 2.05) is 29.2 Å². The van der Waals surface area contributed by atoms with Crippen LogP contribution in [0.15, 0.2) is 53.6 Å². The zero-order valence-corrected chi connectivity index (χ0v) is 21.8. The molecule has 34 heavy (non-hydrogen) atoms. The molecule has 3 nitrogen and oxygen atoms in total. The fraction of sp³-hybridized carbons (Fsp3) is 0.357. The van der Waals surface area contributed by atoms with Gasteiger partial charge in [-0.05, 0) is 42.0 Å². The van der Waals surface area contributed by atoms with E-state index in [1.165, 1.54) is 48.5 Å². The summed E-state index contributed by atoms with van der Waals surface area (Å²) in [5.41, 5.74) is 4.62. The van der Waals surface area contributed by atoms with Crippen LogP contribution in [0.25, 0.3) is 17.0 Å². The molecular formula is C28H29ClN2OS2. The number of para-hydroxylation sites is 1. The van der Waals surface area contributed by atoms with Crippen molar-refractivity contribution in [2.45, 2.75) is 52.0 Å². The molecule has 2 aliphatic rings. The fourth-order valence-corrected chi connectivity index (χ4v) is 6.74. The Morgan fingerprint density at radius 2 is 1.88 bits per heavy atom. The Morgan fingerprint density at radius 1 is 1.12 bits per heavy atom. The molecular weight excluding hydrogens is 480 g/mol. The number of thiocarbonyl (C=S) groups is 1. The van der Waals surface area contributed by atoms with E-state index in [4.69, 9.17) is 23.8 Å². The van der Waals surface area contributed by atoms with Crippen molar-refractivity contribution in [1.29, 1.82) is 0 Å². The minimum absolute atomic E-state index is 0.0478. The Hall–Kier alpha value is -2.08. The quantitative estimate of drug-likeness (QED) is 0.241. The van der Waals surface area contributed by atoms with Crippen molar-refractivity contribution in [3.8, 4) is 0 Å². The second-order valence-corrected chi connectivity index (χ2v) is 11.3. The van der Waals surface area contributed by atoms with Crippen LogP contribution in [0, 0.1) is 5.92 Å². The minimum Gasteiger partial charge on any atom is -0.342 e. The summed E-state index contributed by atoms with van der Waals surface area (Å²) in [6.07, 6.45) is 11.4. The highest BCUT2D eigenvalue weighted by atomic mass is 35.5. The third-order valence-electron chi connectivity index (χ3n) is 7.09. The summed E-state index contributed by atoms with van der Waals surface area (Å²) in [6.45, 7) is 3.60. The van der Waals surface area contributed by atoms with Crippen LogP contribution < -0.4 is 0 Å². The van der Waals surface area contributed by atoms with E-state index in [1.54, 1.807) is 0 Å². The highest BCUT2D eigenvalue weighted by molar-refractivity contribution is 8.26. The monoisotopic (exact) mass is 508 g/mol. The molecule has 2 aromatic carbocycles. The third-order valence-corrected chi connectivity index (χ3v) is 8.83. The molecule has 1 aromatic heterocycles. The number of carbonyl (C=O) groups excluding carboxylic acids is 1. The van der Waals surface area contributed by atoms with Gasteiger partial charge in [-0.25, -0.2) is 0 Å². The fourth-order valence-electron chi connectivity index (χ4n) is 5.25. The van der Waals surface area contributed by atoms with Crippen LogP contribution in [0.1, 0.15) is 55.7 Å². The van der Waals surface area contributed by atoms with Crippen molar-refractivity contribution in [3.63, 3.8) is 0 Å². The number of amides is 1. The van der Waals surface area contributed by atoms with Gasteiger partial charge in [0.1, 0.15) is 4.32 Å². The molecule has 0 atom stereocenters. The topological polar surface area (TPSA) is 25.2 Å². The van der Waals surface area contributed by atoms with Gasteiger partial charge in [0.05, 0.1) is 10.4 Å². The number of nitrogens with zero attached hydrogens (tertiary/aromatic N) is 2. The second kappa shape index (κ2) is 10.3. The van der Waals surface area contributed by atoms with E-state index >= 15 is 0 Å². The van der Waals surface area contributed by atoms with Crippen LogP contribution >= 0.6 is 35.6 Å². The zero-order valence-electron chi connectivity index (χ0n) is 19.4. The van der Waals surface area contributed by atoms with Gasteiger partial charge in [0.25, 0.3) is 5.91 Å². The van der Waals surface area contributed by atoms with Gasteiger partial charge in [-0.15, -0.1) is 0 Å². The average molecular weight is 509 g/mol. The van der Waals surface area contributed by atoms with Crippen molar-refractivity contribution in [3.05, 3.63) is 75.3 Å². The van der Waals surface area contributed by atoms with Crippen LogP contribution in [0.2, 0.25) is 5.02 Å². The predicted molar refractivity (Wildman–Crippen MR) is 148 cm³/mol. The number of aryl methyl sites for hydroxylation is 1. The maximum atomic E-state index is 13.3. The van der Waals surface area contributed by atoms with Gasteiger partial charge in [0, 0.05) is 35.3 Å². The standard InChI is InChI=1S/C28H29ClN2OS2/c1-2-20-11-7-12-23-22(18-30(26(20)23)17-21-10-5-6-13-24(21)29)16-25-27(32)31(28(33)34-25)15-14-19-8-3-4-9-19/h5-7,10-13,16,18-19H,2-4,8-9,14-15,17H2,1H3/b25-16-. The highest BCUT2D eigenvalue weighted by Crippen LogP contribution is 2.36. The lowest BCUT2D eigenvalue weighted by Gasteiger charge is -2.17. The number of rotatable bonds is 7. The van der Waals surface area contributed by atoms with Crippen LogP contribution in [-0.2, 0) is 17.8 Å². The summed E-state index contributed by atoms with van der Waals surface area (Å²) in [6, 6.07) is 14.4. The van der Waals surface area contributed by atoms with Gasteiger partial charge in [-0.2, -0.15) is 0 Å². The SMILES string of the molecule is CCc1cccc2c(/C=C3\SC(=S)N(CCC4CCCC4)C3=O)cn(Cc3ccccc3Cl)c12. The van der Waals surface area contributed by atoms with Crippen molar-refractivity contribution >= 4 is 62.8 Å². The minimum atomic E-state index is 0.0478. The molecule has 1 amide bonds. The summed E-state index contributed by atoms with van der Waals surface area (Å²) >= 11 is 13.5. The summed E-state index contributed by atoms with van der Waals surface area (Å²) in [5, 5.41) is 1.92. The van der Waals surface area contributed by atoms with Crippen molar-refractivity contribution < 1.29 is 4.79 Å². The van der Waals surface area contributed by atoms with E-state index in [9.17, 15) is 4.79 Å². The smallest absolute Gasteiger partial charge is 0.266 e. The van der Waals surface area contributed by atoms with Gasteiger partial charge in [-0.1, -0.05) is 105 Å². The van der Waals surface area contributed by atoms with E-state index < -0.39 is 0 Å². The molecule has 6 heteroatoms. The lowest BCUT2D eigenvalue weighted by molar-refractivity contribution is -0.122. The molecule has 1 aliphatic carbocycles. The second-order valence-electron chi connectivity index (χ2n) is 9.24. The number of thioether (sulfide) groups is 1. The first-order valence-electron chi connectivity index (χ1n) is 12.1. The molecule has 0 radical (unpaired) electrons. The Bertz CT molecular complexity index is 1270. The summed E-state index contributed by atoms with van der Waals surface area (Å²) in [4.78, 5) is 15.8. The number of fused-ring (bicyclic) bond motifs is 1. The van der Waals surface area contributed by atoms with E-state index in [2.05, 4.69) is 42.0 Å². The van der Waals surface area contributed by atoms with Crippen LogP contribution in [0.5, 0.6) is 0 Å². The highest BCUT2D eigenvalue weighted by Gasteiger charge is 2.32. The molecule has 1 saturated heterocycles. The molecule has 1 aliphatic heterocycles. The Balaban J connectivity index is 1.47. The maximum Gasteiger partial charge on any atom is 0.266 e. The predicted octanol–water partition coefficient (Wildman–Crippen LogP) is 7.69. The number of benzene rings is 2. The molecule has 176 valence electrons. The number of carbonyl (C=O) groups is 1. The first-order chi connectivity index (χ1) is 16.5. The van der Waals surface area contributed by atoms with Crippen molar-refractivity contribution in [2.24, 2.45) is 5.92 Å². The Morgan fingerprint density at radius 3 is 2.65 bits per heavy atom. The molecule has 0 N–H and O–H groups in total. The first-order valence-corrected chi connectivity index (χ1v) is 13.7. The normalized spacial score (nSPS) is 18.2. The molecule has 2 heterocycles. The van der Waals surface area contributed by atoms with Crippen LogP contribution in [-0.4, -0.2) is 26.2 Å². The Labute approximate surface area is 216 Å². The molecule has 1 saturated carbocycles. The molecule has 0 bridgehead atoms. The summed E-state index contributed by atoms with van der Waals surface area (Å²) in [7, 11) is 0. The van der Waals surface area contributed by atoms with Crippen molar-refractivity contribution in [2.75, 3.05) is 6.54 Å².